The third-order valence-electron chi connectivity index (χ3n) is 1.97. The van der Waals surface area contributed by atoms with E-state index >= 15 is 0 Å². The van der Waals surface area contributed by atoms with Crippen molar-refractivity contribution in [2.75, 3.05) is 14.2 Å². The van der Waals surface area contributed by atoms with Crippen LogP contribution in [0.15, 0.2) is 24.3 Å². The van der Waals surface area contributed by atoms with Gasteiger partial charge in [-0.3, -0.25) is 0 Å². The fourth-order valence-electron chi connectivity index (χ4n) is 1.22. The molecule has 0 unspecified atom stereocenters. The molecule has 0 spiro atoms. The molecule has 0 aliphatic heterocycles. The number of hydrogen-bond acceptors (Lipinski definition) is 3. The molecule has 1 aromatic carbocycles. The molecule has 0 bridgehead atoms. The van der Waals surface area contributed by atoms with Gasteiger partial charge in [0.05, 0.1) is 14.2 Å². The van der Waals surface area contributed by atoms with Crippen LogP contribution in [0.4, 0.5) is 0 Å². The molecular formula is C12H14O3. The molecule has 0 N–H and O–H groups in total. The van der Waals surface area contributed by atoms with Crippen molar-refractivity contribution in [1.29, 1.82) is 0 Å². The molecule has 0 amide bonds. The van der Waals surface area contributed by atoms with Gasteiger partial charge in [0.2, 0.25) is 0 Å². The summed E-state index contributed by atoms with van der Waals surface area (Å²) in [4.78, 5) is 10.2. The molecule has 0 heterocycles. The van der Waals surface area contributed by atoms with Crippen LogP contribution in [0.2, 0.25) is 0 Å². The van der Waals surface area contributed by atoms with E-state index in [9.17, 15) is 4.79 Å². The lowest BCUT2D eigenvalue weighted by molar-refractivity contribution is -0.107. The number of carbonyl (C=O) groups excluding carboxylic acids is 1. The Bertz CT molecular complexity index is 356. The minimum atomic E-state index is 0.403. The van der Waals surface area contributed by atoms with E-state index < -0.39 is 0 Å². The maximum absolute atomic E-state index is 10.2. The molecule has 15 heavy (non-hydrogen) atoms. The summed E-state index contributed by atoms with van der Waals surface area (Å²) in [6.45, 7) is 0. The second kappa shape index (κ2) is 5.86. The van der Waals surface area contributed by atoms with E-state index in [0.29, 0.717) is 6.42 Å². The van der Waals surface area contributed by atoms with Crippen LogP contribution in [0.25, 0.3) is 6.08 Å². The van der Waals surface area contributed by atoms with Crippen LogP contribution in [-0.2, 0) is 4.79 Å². The van der Waals surface area contributed by atoms with Gasteiger partial charge >= 0.3 is 0 Å². The van der Waals surface area contributed by atoms with Crippen molar-refractivity contribution in [3.8, 4) is 11.5 Å². The van der Waals surface area contributed by atoms with E-state index in [1.165, 1.54) is 0 Å². The van der Waals surface area contributed by atoms with Crippen molar-refractivity contribution >= 4 is 12.4 Å². The maximum atomic E-state index is 10.2. The largest absolute Gasteiger partial charge is 0.497 e. The standard InChI is InChI=1S/C12H14O3/c1-14-11-6-7-12(15-2)10(9-11)5-3-4-8-13/h3,5-9H,4H2,1-2H3/b5-3+. The third-order valence-corrected chi connectivity index (χ3v) is 1.97. The molecular weight excluding hydrogens is 192 g/mol. The van der Waals surface area contributed by atoms with Crippen molar-refractivity contribution in [3.63, 3.8) is 0 Å². The quantitative estimate of drug-likeness (QED) is 0.693. The highest BCUT2D eigenvalue weighted by atomic mass is 16.5. The summed E-state index contributed by atoms with van der Waals surface area (Å²) in [5.41, 5.74) is 0.902. The van der Waals surface area contributed by atoms with Gasteiger partial charge in [0.15, 0.2) is 0 Å². The number of carbonyl (C=O) groups is 1. The summed E-state index contributed by atoms with van der Waals surface area (Å²) < 4.78 is 10.3. The van der Waals surface area contributed by atoms with Crippen LogP contribution < -0.4 is 9.47 Å². The van der Waals surface area contributed by atoms with Crippen LogP contribution in [0.1, 0.15) is 12.0 Å². The van der Waals surface area contributed by atoms with Crippen molar-refractivity contribution in [2.24, 2.45) is 0 Å². The third kappa shape index (κ3) is 3.13. The Kier molecular flexibility index (Phi) is 4.41. The maximum Gasteiger partial charge on any atom is 0.126 e. The normalized spacial score (nSPS) is 10.3. The molecule has 0 atom stereocenters. The molecule has 3 heteroatoms. The van der Waals surface area contributed by atoms with E-state index in [4.69, 9.17) is 9.47 Å². The van der Waals surface area contributed by atoms with Gasteiger partial charge in [-0.2, -0.15) is 0 Å². The minimum absolute atomic E-state index is 0.403. The number of allylic oxidation sites excluding steroid dienone is 1. The second-order valence-electron chi connectivity index (χ2n) is 2.91. The molecule has 0 aromatic heterocycles. The van der Waals surface area contributed by atoms with E-state index in [2.05, 4.69) is 0 Å². The first kappa shape index (κ1) is 11.3. The Labute approximate surface area is 89.3 Å². The molecule has 0 radical (unpaired) electrons. The van der Waals surface area contributed by atoms with E-state index in [1.54, 1.807) is 20.3 Å². The summed E-state index contributed by atoms with van der Waals surface area (Å²) in [6, 6.07) is 5.52. The zero-order valence-corrected chi connectivity index (χ0v) is 8.90. The van der Waals surface area contributed by atoms with Gasteiger partial charge in [0.25, 0.3) is 0 Å². The second-order valence-corrected chi connectivity index (χ2v) is 2.91. The number of benzene rings is 1. The fraction of sp³-hybridized carbons (Fsp3) is 0.250. The van der Waals surface area contributed by atoms with Gasteiger partial charge in [-0.1, -0.05) is 12.2 Å². The Morgan fingerprint density at radius 2 is 2.07 bits per heavy atom. The summed E-state index contributed by atoms with van der Waals surface area (Å²) >= 11 is 0. The Morgan fingerprint density at radius 3 is 2.67 bits per heavy atom. The smallest absolute Gasteiger partial charge is 0.126 e. The van der Waals surface area contributed by atoms with Crippen LogP contribution in [0.3, 0.4) is 0 Å². The number of methoxy groups -OCH3 is 2. The molecule has 3 nitrogen and oxygen atoms in total. The highest BCUT2D eigenvalue weighted by Gasteiger charge is 2.00. The summed E-state index contributed by atoms with van der Waals surface area (Å²) in [6.07, 6.45) is 4.88. The molecule has 0 fully saturated rings. The monoisotopic (exact) mass is 206 g/mol. The molecule has 0 saturated carbocycles. The molecule has 0 saturated heterocycles. The van der Waals surface area contributed by atoms with Gasteiger partial charge in [0, 0.05) is 12.0 Å². The van der Waals surface area contributed by atoms with Crippen LogP contribution in [-0.4, -0.2) is 20.5 Å². The van der Waals surface area contributed by atoms with Crippen molar-refractivity contribution < 1.29 is 14.3 Å². The van der Waals surface area contributed by atoms with Crippen molar-refractivity contribution in [2.45, 2.75) is 6.42 Å². The predicted octanol–water partition coefficient (Wildman–Crippen LogP) is 2.31. The fourth-order valence-corrected chi connectivity index (χ4v) is 1.22. The first-order valence-electron chi connectivity index (χ1n) is 4.64. The van der Waals surface area contributed by atoms with Gasteiger partial charge in [-0.05, 0) is 18.2 Å². The molecule has 0 aliphatic rings. The van der Waals surface area contributed by atoms with Crippen molar-refractivity contribution in [1.82, 2.24) is 0 Å². The lowest BCUT2D eigenvalue weighted by atomic mass is 10.1. The predicted molar refractivity (Wildman–Crippen MR) is 59.3 cm³/mol. The first-order chi connectivity index (χ1) is 7.31. The zero-order chi connectivity index (χ0) is 11.1. The van der Waals surface area contributed by atoms with Gasteiger partial charge < -0.3 is 14.3 Å². The first-order valence-corrected chi connectivity index (χ1v) is 4.64. The molecule has 1 rings (SSSR count). The van der Waals surface area contributed by atoms with Crippen LogP contribution in [0.5, 0.6) is 11.5 Å². The van der Waals surface area contributed by atoms with Crippen LogP contribution >= 0.6 is 0 Å². The number of hydrogen-bond donors (Lipinski definition) is 0. The highest BCUT2D eigenvalue weighted by molar-refractivity contribution is 5.62. The lowest BCUT2D eigenvalue weighted by Gasteiger charge is -2.06. The lowest BCUT2D eigenvalue weighted by Crippen LogP contribution is -1.89. The average Bonchev–Trinajstić information content (AvgIpc) is 2.29. The molecule has 1 aromatic rings. The summed E-state index contributed by atoms with van der Waals surface area (Å²) in [7, 11) is 3.22. The van der Waals surface area contributed by atoms with Crippen LogP contribution in [0, 0.1) is 0 Å². The van der Waals surface area contributed by atoms with Gasteiger partial charge in [-0.15, -0.1) is 0 Å². The number of aldehydes is 1. The summed E-state index contributed by atoms with van der Waals surface area (Å²) in [5, 5.41) is 0. The molecule has 0 aliphatic carbocycles. The SMILES string of the molecule is COc1ccc(OC)c(/C=C/CC=O)c1. The summed E-state index contributed by atoms with van der Waals surface area (Å²) in [5.74, 6) is 1.53. The Morgan fingerprint density at radius 1 is 1.27 bits per heavy atom. The Hall–Kier alpha value is -1.77. The molecule has 80 valence electrons. The topological polar surface area (TPSA) is 35.5 Å². The van der Waals surface area contributed by atoms with E-state index in [1.807, 2.05) is 24.3 Å². The van der Waals surface area contributed by atoms with E-state index in [-0.39, 0.29) is 0 Å². The minimum Gasteiger partial charge on any atom is -0.497 e. The van der Waals surface area contributed by atoms with Gasteiger partial charge in [-0.25, -0.2) is 0 Å². The zero-order valence-electron chi connectivity index (χ0n) is 8.90. The van der Waals surface area contributed by atoms with E-state index in [0.717, 1.165) is 23.3 Å². The highest BCUT2D eigenvalue weighted by Crippen LogP contribution is 2.24. The van der Waals surface area contributed by atoms with Crippen molar-refractivity contribution in [3.05, 3.63) is 29.8 Å². The Balaban J connectivity index is 2.95. The number of ether oxygens (including phenoxy) is 2. The van der Waals surface area contributed by atoms with Gasteiger partial charge in [0.1, 0.15) is 17.8 Å². The average molecular weight is 206 g/mol. The number of rotatable bonds is 5.